The van der Waals surface area contributed by atoms with Gasteiger partial charge in [0.1, 0.15) is 0 Å². The van der Waals surface area contributed by atoms with Crippen LogP contribution >= 0.6 is 11.5 Å². The van der Waals surface area contributed by atoms with Gasteiger partial charge in [-0.25, -0.2) is 0 Å². The molecule has 0 radical (unpaired) electrons. The van der Waals surface area contributed by atoms with Crippen LogP contribution in [-0.2, 0) is 13.0 Å². The van der Waals surface area contributed by atoms with E-state index >= 15 is 0 Å². The third kappa shape index (κ3) is 3.78. The Labute approximate surface area is 105 Å². The van der Waals surface area contributed by atoms with Crippen LogP contribution in [0.15, 0.2) is 24.3 Å². The standard InChI is InChI=1S/C12H16N4S/c1-9(2)7-10-3-5-11(6-4-10)8-13-12-14-15-16-17-12/h3-6,9H,7-8H2,1-2H3,(H,13,14,16). The number of anilines is 1. The normalized spacial score (nSPS) is 10.8. The summed E-state index contributed by atoms with van der Waals surface area (Å²) in [5, 5.41) is 11.3. The molecule has 1 aromatic heterocycles. The third-order valence-electron chi connectivity index (χ3n) is 2.41. The molecule has 0 aliphatic carbocycles. The van der Waals surface area contributed by atoms with Crippen LogP contribution in [0, 0.1) is 5.92 Å². The summed E-state index contributed by atoms with van der Waals surface area (Å²) >= 11 is 1.27. The van der Waals surface area contributed by atoms with Crippen molar-refractivity contribution in [1.82, 2.24) is 14.8 Å². The molecule has 90 valence electrons. The van der Waals surface area contributed by atoms with E-state index in [-0.39, 0.29) is 0 Å². The largest absolute Gasteiger partial charge is 0.355 e. The Balaban J connectivity index is 1.89. The van der Waals surface area contributed by atoms with Gasteiger partial charge in [-0.2, -0.15) is 0 Å². The van der Waals surface area contributed by atoms with Gasteiger partial charge in [-0.15, -0.1) is 0 Å². The quantitative estimate of drug-likeness (QED) is 0.884. The van der Waals surface area contributed by atoms with E-state index in [0.29, 0.717) is 5.92 Å². The number of aromatic nitrogens is 3. The molecule has 0 amide bonds. The Bertz CT molecular complexity index is 436. The average Bonchev–Trinajstić information content (AvgIpc) is 2.80. The van der Waals surface area contributed by atoms with Crippen molar-refractivity contribution in [3.8, 4) is 0 Å². The van der Waals surface area contributed by atoms with Crippen LogP contribution in [0.2, 0.25) is 0 Å². The number of benzene rings is 1. The van der Waals surface area contributed by atoms with Gasteiger partial charge in [-0.3, -0.25) is 0 Å². The van der Waals surface area contributed by atoms with Crippen LogP contribution in [-0.4, -0.2) is 14.8 Å². The highest BCUT2D eigenvalue weighted by molar-refractivity contribution is 7.09. The van der Waals surface area contributed by atoms with Crippen LogP contribution < -0.4 is 5.32 Å². The van der Waals surface area contributed by atoms with Gasteiger partial charge < -0.3 is 5.32 Å². The Kier molecular flexibility index (Phi) is 4.03. The molecule has 2 aromatic rings. The molecule has 0 unspecified atom stereocenters. The zero-order valence-corrected chi connectivity index (χ0v) is 10.9. The number of nitrogens with one attached hydrogen (secondary N) is 1. The minimum absolute atomic E-state index is 0.700. The molecule has 0 saturated heterocycles. The minimum Gasteiger partial charge on any atom is -0.355 e. The van der Waals surface area contributed by atoms with Gasteiger partial charge in [0.05, 0.1) is 0 Å². The SMILES string of the molecule is CC(C)Cc1ccc(CNc2nnns2)cc1. The average molecular weight is 248 g/mol. The molecule has 0 saturated carbocycles. The van der Waals surface area contributed by atoms with Gasteiger partial charge in [-0.1, -0.05) is 47.7 Å². The molecule has 0 aliphatic rings. The molecule has 2 rings (SSSR count). The van der Waals surface area contributed by atoms with Gasteiger partial charge in [-0.05, 0) is 28.7 Å². The summed E-state index contributed by atoms with van der Waals surface area (Å²) in [4.78, 5) is 0. The second-order valence-electron chi connectivity index (χ2n) is 4.44. The Morgan fingerprint density at radius 2 is 1.88 bits per heavy atom. The van der Waals surface area contributed by atoms with E-state index in [0.717, 1.165) is 18.1 Å². The van der Waals surface area contributed by atoms with E-state index < -0.39 is 0 Å². The van der Waals surface area contributed by atoms with Crippen LogP contribution in [0.5, 0.6) is 0 Å². The first-order valence-corrected chi connectivity index (χ1v) is 6.48. The van der Waals surface area contributed by atoms with Crippen LogP contribution in [0.1, 0.15) is 25.0 Å². The smallest absolute Gasteiger partial charge is 0.225 e. The lowest BCUT2D eigenvalue weighted by atomic mass is 10.0. The highest BCUT2D eigenvalue weighted by Crippen LogP contribution is 2.12. The highest BCUT2D eigenvalue weighted by atomic mass is 32.1. The van der Waals surface area contributed by atoms with Crippen molar-refractivity contribution in [2.24, 2.45) is 5.92 Å². The molecule has 5 heteroatoms. The summed E-state index contributed by atoms with van der Waals surface area (Å²) in [5.41, 5.74) is 2.63. The molecule has 1 heterocycles. The summed E-state index contributed by atoms with van der Waals surface area (Å²) in [6.45, 7) is 5.23. The summed E-state index contributed by atoms with van der Waals surface area (Å²) in [6, 6.07) is 8.68. The van der Waals surface area contributed by atoms with Crippen molar-refractivity contribution in [2.45, 2.75) is 26.8 Å². The maximum Gasteiger partial charge on any atom is 0.225 e. The molecule has 0 fully saturated rings. The number of rotatable bonds is 5. The monoisotopic (exact) mass is 248 g/mol. The van der Waals surface area contributed by atoms with Crippen molar-refractivity contribution in [3.63, 3.8) is 0 Å². The zero-order chi connectivity index (χ0) is 12.1. The second kappa shape index (κ2) is 5.72. The van der Waals surface area contributed by atoms with E-state index in [9.17, 15) is 0 Å². The molecule has 17 heavy (non-hydrogen) atoms. The highest BCUT2D eigenvalue weighted by Gasteiger charge is 2.00. The molecule has 0 spiro atoms. The Morgan fingerprint density at radius 1 is 1.18 bits per heavy atom. The van der Waals surface area contributed by atoms with Gasteiger partial charge in [0.2, 0.25) is 5.13 Å². The number of nitrogens with zero attached hydrogens (tertiary/aromatic N) is 3. The van der Waals surface area contributed by atoms with Crippen molar-refractivity contribution >= 4 is 16.7 Å². The molecule has 0 bridgehead atoms. The molecular weight excluding hydrogens is 232 g/mol. The van der Waals surface area contributed by atoms with E-state index in [1.807, 2.05) is 0 Å². The molecule has 0 atom stereocenters. The predicted molar refractivity (Wildman–Crippen MR) is 70.0 cm³/mol. The summed E-state index contributed by atoms with van der Waals surface area (Å²) in [7, 11) is 0. The number of hydrogen-bond acceptors (Lipinski definition) is 5. The predicted octanol–water partition coefficient (Wildman–Crippen LogP) is 2.74. The van der Waals surface area contributed by atoms with Crippen LogP contribution in [0.4, 0.5) is 5.13 Å². The maximum absolute atomic E-state index is 3.83. The van der Waals surface area contributed by atoms with E-state index in [2.05, 4.69) is 58.2 Å². The second-order valence-corrected chi connectivity index (χ2v) is 5.17. The molecular formula is C12H16N4S. The van der Waals surface area contributed by atoms with Gasteiger partial charge in [0.25, 0.3) is 0 Å². The lowest BCUT2D eigenvalue weighted by Gasteiger charge is -2.06. The van der Waals surface area contributed by atoms with Gasteiger partial charge in [0, 0.05) is 18.1 Å². The summed E-state index contributed by atoms with van der Waals surface area (Å²) in [5.74, 6) is 0.700. The molecule has 1 aromatic carbocycles. The van der Waals surface area contributed by atoms with Crippen molar-refractivity contribution in [1.29, 1.82) is 0 Å². The third-order valence-corrected chi connectivity index (χ3v) is 2.96. The Hall–Kier alpha value is -1.49. The fraction of sp³-hybridized carbons (Fsp3) is 0.417. The molecule has 1 N–H and O–H groups in total. The molecule has 4 nitrogen and oxygen atoms in total. The van der Waals surface area contributed by atoms with Crippen molar-refractivity contribution < 1.29 is 0 Å². The fourth-order valence-electron chi connectivity index (χ4n) is 1.64. The van der Waals surface area contributed by atoms with E-state index in [1.54, 1.807) is 0 Å². The first-order chi connectivity index (χ1) is 8.24. The van der Waals surface area contributed by atoms with Crippen LogP contribution in [0.25, 0.3) is 0 Å². The zero-order valence-electron chi connectivity index (χ0n) is 10.1. The Morgan fingerprint density at radius 3 is 2.47 bits per heavy atom. The van der Waals surface area contributed by atoms with E-state index in [1.165, 1.54) is 22.7 Å². The van der Waals surface area contributed by atoms with E-state index in [4.69, 9.17) is 0 Å². The first kappa shape index (κ1) is 12.0. The maximum atomic E-state index is 3.83. The van der Waals surface area contributed by atoms with Crippen molar-refractivity contribution in [3.05, 3.63) is 35.4 Å². The van der Waals surface area contributed by atoms with Gasteiger partial charge in [0.15, 0.2) is 0 Å². The minimum atomic E-state index is 0.700. The van der Waals surface area contributed by atoms with Crippen molar-refractivity contribution in [2.75, 3.05) is 5.32 Å². The summed E-state index contributed by atoms with van der Waals surface area (Å²) in [6.07, 6.45) is 1.13. The summed E-state index contributed by atoms with van der Waals surface area (Å²) < 4.78 is 3.70. The van der Waals surface area contributed by atoms with Crippen LogP contribution in [0.3, 0.4) is 0 Å². The lowest BCUT2D eigenvalue weighted by molar-refractivity contribution is 0.647. The van der Waals surface area contributed by atoms with Gasteiger partial charge >= 0.3 is 0 Å². The number of hydrogen-bond donors (Lipinski definition) is 1. The lowest BCUT2D eigenvalue weighted by Crippen LogP contribution is -2.00. The molecule has 0 aliphatic heterocycles. The topological polar surface area (TPSA) is 50.7 Å². The first-order valence-electron chi connectivity index (χ1n) is 5.71. The fourth-order valence-corrected chi connectivity index (χ4v) is 2.00.